The van der Waals surface area contributed by atoms with Crippen LogP contribution in [0.25, 0.3) is 0 Å². The number of hydrogen-bond acceptors (Lipinski definition) is 13. The zero-order chi connectivity index (χ0) is 22.9. The zero-order valence-electron chi connectivity index (χ0n) is 17.3. The topological polar surface area (TPSA) is 227 Å². The Morgan fingerprint density at radius 1 is 0.767 bits per heavy atom. The van der Waals surface area contributed by atoms with Gasteiger partial charge in [-0.05, 0) is 53.1 Å². The number of hydrogen-bond donors (Lipinski definition) is 4. The van der Waals surface area contributed by atoms with Crippen molar-refractivity contribution in [2.45, 2.75) is 12.8 Å². The summed E-state index contributed by atoms with van der Waals surface area (Å²) in [5.41, 5.74) is 5.69. The van der Waals surface area contributed by atoms with E-state index in [-0.39, 0.29) is 16.8 Å². The molecule has 0 aromatic heterocycles. The Balaban J connectivity index is -0.000000553. The first-order valence-electron chi connectivity index (χ1n) is 8.99. The second kappa shape index (κ2) is 20.2. The zero-order valence-corrected chi connectivity index (χ0v) is 19.9. The summed E-state index contributed by atoms with van der Waals surface area (Å²) in [6, 6.07) is 0. The molecule has 0 aromatic carbocycles. The SMILES string of the molecule is CN1CCCNCCN(CCN)CCCN(C)CC1.[Co].[O-][Cl+3]([O-])([O-])O.[O-][Cl+3]([O-])([O-])O. The molecule has 1 aliphatic rings. The van der Waals surface area contributed by atoms with Gasteiger partial charge in [0.1, 0.15) is 0 Å². The Labute approximate surface area is 192 Å². The van der Waals surface area contributed by atoms with Crippen molar-refractivity contribution in [3.05, 3.63) is 0 Å². The van der Waals surface area contributed by atoms with Crippen LogP contribution in [-0.2, 0) is 16.8 Å². The van der Waals surface area contributed by atoms with E-state index >= 15 is 0 Å². The van der Waals surface area contributed by atoms with E-state index in [0.29, 0.717) is 0 Å². The summed E-state index contributed by atoms with van der Waals surface area (Å²) in [7, 11) is -4.93. The quantitative estimate of drug-likeness (QED) is 0.260. The molecule has 0 saturated carbocycles. The van der Waals surface area contributed by atoms with Crippen molar-refractivity contribution in [2.75, 3.05) is 79.5 Å². The Kier molecular flexibility index (Phi) is 23.7. The van der Waals surface area contributed by atoms with Gasteiger partial charge in [-0.25, -0.2) is 0 Å². The fourth-order valence-electron chi connectivity index (χ4n) is 2.48. The largest absolute Gasteiger partial charge is 0.329 e. The van der Waals surface area contributed by atoms with Crippen molar-refractivity contribution >= 4 is 0 Å². The maximum Gasteiger partial charge on any atom is 0.0777 e. The van der Waals surface area contributed by atoms with Crippen LogP contribution in [0.1, 0.15) is 12.8 Å². The van der Waals surface area contributed by atoms with E-state index in [2.05, 4.69) is 34.1 Å². The van der Waals surface area contributed by atoms with E-state index in [1.54, 1.807) is 0 Å². The van der Waals surface area contributed by atoms with Crippen LogP contribution in [0.4, 0.5) is 0 Å². The molecule has 1 saturated heterocycles. The minimum absolute atomic E-state index is 0. The normalized spacial score (nSPS) is 19.3. The first-order valence-corrected chi connectivity index (χ1v) is 11.5. The third-order valence-electron chi connectivity index (χ3n) is 3.82. The third kappa shape index (κ3) is 39.1. The molecule has 1 aliphatic heterocycles. The first kappa shape index (κ1) is 35.2. The minimum Gasteiger partial charge on any atom is -0.329 e. The maximum atomic E-state index is 8.60. The summed E-state index contributed by atoms with van der Waals surface area (Å²) in [5.74, 6) is 0. The van der Waals surface area contributed by atoms with Gasteiger partial charge in [0.15, 0.2) is 0 Å². The molecule has 0 atom stereocenters. The van der Waals surface area contributed by atoms with Crippen LogP contribution >= 0.6 is 0 Å². The maximum absolute atomic E-state index is 8.60. The Morgan fingerprint density at radius 2 is 1.20 bits per heavy atom. The molecular weight excluding hydrogens is 496 g/mol. The Hall–Kier alpha value is 0.566. The van der Waals surface area contributed by atoms with E-state index in [9.17, 15) is 0 Å². The van der Waals surface area contributed by atoms with Crippen molar-refractivity contribution in [3.8, 4) is 0 Å². The number of rotatable bonds is 2. The van der Waals surface area contributed by atoms with Crippen molar-refractivity contribution < 1.29 is 74.5 Å². The van der Waals surface area contributed by atoms with Gasteiger partial charge in [-0.1, -0.05) is 0 Å². The van der Waals surface area contributed by atoms with E-state index in [1.165, 1.54) is 45.6 Å². The van der Waals surface area contributed by atoms with Crippen LogP contribution in [0.3, 0.4) is 0 Å². The summed E-state index contributed by atoms with van der Waals surface area (Å²) in [4.78, 5) is 7.37. The van der Waals surface area contributed by atoms with Crippen LogP contribution < -0.4 is 39.0 Å². The number of nitrogens with zero attached hydrogens (tertiary/aromatic N) is 3. The number of nitrogens with two attached hydrogens (primary N) is 1. The van der Waals surface area contributed by atoms with Crippen molar-refractivity contribution in [3.63, 3.8) is 0 Å². The van der Waals surface area contributed by atoms with Crippen LogP contribution in [0, 0.1) is 20.5 Å². The fraction of sp³-hybridized carbons (Fsp3) is 1.00. The first-order chi connectivity index (χ1) is 13.2. The molecule has 1 rings (SSSR count). The van der Waals surface area contributed by atoms with E-state index in [1.807, 2.05) is 0 Å². The van der Waals surface area contributed by atoms with Gasteiger partial charge >= 0.3 is 0 Å². The molecule has 187 valence electrons. The third-order valence-corrected chi connectivity index (χ3v) is 3.82. The molecule has 0 bridgehead atoms. The van der Waals surface area contributed by atoms with E-state index < -0.39 is 20.5 Å². The van der Waals surface area contributed by atoms with Gasteiger partial charge in [0, 0.05) is 56.0 Å². The molecule has 0 unspecified atom stereocenters. The summed E-state index contributed by atoms with van der Waals surface area (Å²) in [5, 5.41) is 3.54. The van der Waals surface area contributed by atoms with Gasteiger partial charge in [-0.15, -0.1) is 0 Å². The molecule has 5 N–H and O–H groups in total. The Morgan fingerprint density at radius 3 is 1.63 bits per heavy atom. The van der Waals surface area contributed by atoms with E-state index in [0.717, 1.165) is 32.7 Å². The average molecular weight is 531 g/mol. The molecule has 1 heterocycles. The molecule has 0 aliphatic carbocycles. The molecule has 0 amide bonds. The van der Waals surface area contributed by atoms with Crippen LogP contribution in [0.2, 0.25) is 0 Å². The molecule has 0 aromatic rings. The molecule has 13 nitrogen and oxygen atoms in total. The van der Waals surface area contributed by atoms with E-state index in [4.69, 9.17) is 43.0 Å². The summed E-state index contributed by atoms with van der Waals surface area (Å²) < 4.78 is 65.4. The van der Waals surface area contributed by atoms with Crippen LogP contribution in [0.5, 0.6) is 0 Å². The predicted molar refractivity (Wildman–Crippen MR) is 87.0 cm³/mol. The summed E-state index contributed by atoms with van der Waals surface area (Å²) in [6.45, 7) is 11.0. The standard InChI is InChI=1S/C14H33N5.2ClHO4.Co/c1-17-8-3-6-16-7-12-19(11-5-15)10-4-9-18(2)14-13-17;2*2-1(3,4)5;/h16H,3-15H2,1-2H3;2*(H,2,3,4,5);. The van der Waals surface area contributed by atoms with Gasteiger partial charge < -0.3 is 25.8 Å². The fourth-order valence-corrected chi connectivity index (χ4v) is 2.48. The molecule has 1 fully saturated rings. The number of likely N-dealkylation sites (N-methyl/N-ethyl adjacent to an activating group) is 2. The molecule has 1 radical (unpaired) electrons. The summed E-state index contributed by atoms with van der Waals surface area (Å²) >= 11 is 0. The minimum atomic E-state index is -4.69. The van der Waals surface area contributed by atoms with Crippen molar-refractivity contribution in [1.82, 2.24) is 20.0 Å². The molecule has 16 heteroatoms. The second-order valence-electron chi connectivity index (χ2n) is 6.49. The van der Waals surface area contributed by atoms with Crippen molar-refractivity contribution in [2.24, 2.45) is 5.73 Å². The second-order valence-corrected chi connectivity index (χ2v) is 8.07. The van der Waals surface area contributed by atoms with Gasteiger partial charge in [0.25, 0.3) is 0 Å². The monoisotopic (exact) mass is 530 g/mol. The summed E-state index contributed by atoms with van der Waals surface area (Å²) in [6.07, 6.45) is 2.47. The average Bonchev–Trinajstić information content (AvgIpc) is 2.52. The Bertz CT molecular complexity index is 359. The van der Waals surface area contributed by atoms with Gasteiger partial charge in [-0.3, -0.25) is 0 Å². The number of nitrogens with one attached hydrogen (secondary N) is 1. The smallest absolute Gasteiger partial charge is 0.0777 e. The van der Waals surface area contributed by atoms with Gasteiger partial charge in [0.2, 0.25) is 0 Å². The van der Waals surface area contributed by atoms with Gasteiger partial charge in [-0.2, -0.15) is 28.0 Å². The molecule has 30 heavy (non-hydrogen) atoms. The predicted octanol–water partition coefficient (Wildman–Crippen LogP) is -8.76. The molecule has 0 spiro atoms. The van der Waals surface area contributed by atoms with Crippen LogP contribution in [-0.4, -0.2) is 104 Å². The van der Waals surface area contributed by atoms with Crippen molar-refractivity contribution in [1.29, 1.82) is 0 Å². The van der Waals surface area contributed by atoms with Crippen LogP contribution in [0.15, 0.2) is 0 Å². The molecular formula is C14H35Cl2CoN5O8. The number of halogens is 2. The van der Waals surface area contributed by atoms with Gasteiger partial charge in [0.05, 0.1) is 29.8 Å².